The quantitative estimate of drug-likeness (QED) is 0.628. The number of nitro groups is 1. The highest BCUT2D eigenvalue weighted by atomic mass is 32.2. The molecule has 0 N–H and O–H groups in total. The molecule has 2 saturated carbocycles. The van der Waals surface area contributed by atoms with E-state index in [-0.39, 0.29) is 16.6 Å². The first-order valence-electron chi connectivity index (χ1n) is 8.20. The van der Waals surface area contributed by atoms with E-state index in [4.69, 9.17) is 0 Å². The van der Waals surface area contributed by atoms with Crippen molar-refractivity contribution in [2.75, 3.05) is 6.54 Å². The van der Waals surface area contributed by atoms with Crippen molar-refractivity contribution in [3.8, 4) is 0 Å². The van der Waals surface area contributed by atoms with E-state index in [2.05, 4.69) is 0 Å². The molecule has 4 bridgehead atoms. The van der Waals surface area contributed by atoms with Crippen LogP contribution in [0.2, 0.25) is 0 Å². The van der Waals surface area contributed by atoms with E-state index in [1.165, 1.54) is 30.7 Å². The summed E-state index contributed by atoms with van der Waals surface area (Å²) in [4.78, 5) is 10.4. The maximum atomic E-state index is 13.1. The van der Waals surface area contributed by atoms with Crippen molar-refractivity contribution in [3.63, 3.8) is 0 Å². The third kappa shape index (κ3) is 2.55. The van der Waals surface area contributed by atoms with Crippen LogP contribution in [0.1, 0.15) is 32.1 Å². The van der Waals surface area contributed by atoms with Crippen molar-refractivity contribution >= 4 is 15.7 Å². The zero-order valence-corrected chi connectivity index (χ0v) is 13.6. The number of non-ortho nitro benzene ring substituents is 1. The van der Waals surface area contributed by atoms with Crippen molar-refractivity contribution in [3.05, 3.63) is 34.4 Å². The van der Waals surface area contributed by atoms with Crippen LogP contribution in [0.4, 0.5) is 5.69 Å². The Morgan fingerprint density at radius 1 is 1.04 bits per heavy atom. The fourth-order valence-corrected chi connectivity index (χ4v) is 6.69. The lowest BCUT2D eigenvalue weighted by atomic mass is 9.68. The maximum absolute atomic E-state index is 13.1. The van der Waals surface area contributed by atoms with Crippen molar-refractivity contribution in [1.82, 2.24) is 4.31 Å². The van der Waals surface area contributed by atoms with Gasteiger partial charge in [-0.05, 0) is 55.9 Å². The molecule has 2 aliphatic heterocycles. The number of benzene rings is 1. The Balaban J connectivity index is 1.71. The van der Waals surface area contributed by atoms with Gasteiger partial charge >= 0.3 is 0 Å². The molecule has 0 radical (unpaired) electrons. The Morgan fingerprint density at radius 2 is 1.70 bits per heavy atom. The van der Waals surface area contributed by atoms with Crippen LogP contribution in [0.3, 0.4) is 0 Å². The number of hydrogen-bond acceptors (Lipinski definition) is 4. The summed E-state index contributed by atoms with van der Waals surface area (Å²) in [5, 5.41) is 10.9. The summed E-state index contributed by atoms with van der Waals surface area (Å²) in [6.07, 6.45) is 5.40. The zero-order chi connectivity index (χ0) is 16.2. The summed E-state index contributed by atoms with van der Waals surface area (Å²) in [5.74, 6) is 1.75. The molecule has 124 valence electrons. The van der Waals surface area contributed by atoms with Gasteiger partial charge in [0.1, 0.15) is 0 Å². The Bertz CT molecular complexity index is 734. The molecule has 6 nitrogen and oxygen atoms in total. The van der Waals surface area contributed by atoms with Gasteiger partial charge in [0.05, 0.1) is 9.82 Å². The lowest BCUT2D eigenvalue weighted by Gasteiger charge is -2.38. The van der Waals surface area contributed by atoms with E-state index < -0.39 is 14.9 Å². The predicted molar refractivity (Wildman–Crippen MR) is 84.3 cm³/mol. The van der Waals surface area contributed by atoms with Crippen LogP contribution in [0.5, 0.6) is 0 Å². The number of nitro benzene ring substituents is 1. The number of fused-ring (bicyclic) bond motifs is 1. The normalized spacial score (nSPS) is 33.6. The van der Waals surface area contributed by atoms with Gasteiger partial charge in [-0.2, -0.15) is 4.31 Å². The number of rotatable bonds is 3. The first kappa shape index (κ1) is 15.1. The van der Waals surface area contributed by atoms with Gasteiger partial charge in [0.2, 0.25) is 10.0 Å². The van der Waals surface area contributed by atoms with Crippen molar-refractivity contribution < 1.29 is 13.3 Å². The van der Waals surface area contributed by atoms with Crippen molar-refractivity contribution in [2.45, 2.75) is 43.0 Å². The van der Waals surface area contributed by atoms with Gasteiger partial charge in [-0.1, -0.05) is 6.07 Å². The smallest absolute Gasteiger partial charge is 0.258 e. The second kappa shape index (κ2) is 5.27. The highest BCUT2D eigenvalue weighted by Crippen LogP contribution is 2.48. The average molecular weight is 336 g/mol. The minimum atomic E-state index is -3.67. The molecule has 0 amide bonds. The van der Waals surface area contributed by atoms with E-state index in [1.807, 2.05) is 0 Å². The minimum absolute atomic E-state index is 0.0490. The highest BCUT2D eigenvalue weighted by Gasteiger charge is 2.46. The summed E-state index contributed by atoms with van der Waals surface area (Å²) in [6.45, 7) is 0.572. The van der Waals surface area contributed by atoms with Crippen LogP contribution >= 0.6 is 0 Å². The summed E-state index contributed by atoms with van der Waals surface area (Å²) >= 11 is 0. The molecule has 1 aromatic carbocycles. The molecule has 0 aromatic heterocycles. The lowest BCUT2D eigenvalue weighted by molar-refractivity contribution is -0.385. The van der Waals surface area contributed by atoms with Gasteiger partial charge in [-0.3, -0.25) is 10.1 Å². The van der Waals surface area contributed by atoms with Crippen molar-refractivity contribution in [1.29, 1.82) is 0 Å². The zero-order valence-electron chi connectivity index (χ0n) is 12.8. The molecular formula is C16H20N2O4S. The second-order valence-electron chi connectivity index (χ2n) is 7.26. The Kier molecular flexibility index (Phi) is 3.46. The van der Waals surface area contributed by atoms with Gasteiger partial charge in [-0.15, -0.1) is 0 Å². The Morgan fingerprint density at radius 3 is 2.35 bits per heavy atom. The molecule has 2 unspecified atom stereocenters. The van der Waals surface area contributed by atoms with E-state index in [9.17, 15) is 18.5 Å². The predicted octanol–water partition coefficient (Wildman–Crippen LogP) is 2.79. The Hall–Kier alpha value is -1.47. The SMILES string of the molecule is O=[N+]([O-])c1cccc(S(=O)(=O)N2CC3CC4CC(C3)CC2C4)c1. The molecule has 7 heteroatoms. The Labute approximate surface area is 135 Å². The molecule has 2 atom stereocenters. The molecule has 2 saturated heterocycles. The van der Waals surface area contributed by atoms with Gasteiger partial charge in [0.15, 0.2) is 0 Å². The monoisotopic (exact) mass is 336 g/mol. The minimum Gasteiger partial charge on any atom is -0.258 e. The first-order valence-corrected chi connectivity index (χ1v) is 9.64. The van der Waals surface area contributed by atoms with E-state index in [0.717, 1.165) is 25.7 Å². The highest BCUT2D eigenvalue weighted by molar-refractivity contribution is 7.89. The fraction of sp³-hybridized carbons (Fsp3) is 0.625. The van der Waals surface area contributed by atoms with Crippen LogP contribution in [-0.2, 0) is 10.0 Å². The van der Waals surface area contributed by atoms with Crippen molar-refractivity contribution in [2.24, 2.45) is 17.8 Å². The summed E-state index contributed by atoms with van der Waals surface area (Å²) in [7, 11) is -3.67. The summed E-state index contributed by atoms with van der Waals surface area (Å²) in [5.41, 5.74) is -0.174. The average Bonchev–Trinajstić information content (AvgIpc) is 2.71. The maximum Gasteiger partial charge on any atom is 0.270 e. The fourth-order valence-electron chi connectivity index (χ4n) is 4.93. The molecule has 5 rings (SSSR count). The number of nitrogens with zero attached hydrogens (tertiary/aromatic N) is 2. The van der Waals surface area contributed by atoms with Crippen LogP contribution in [0.25, 0.3) is 0 Å². The molecule has 0 spiro atoms. The van der Waals surface area contributed by atoms with Crippen LogP contribution in [0, 0.1) is 27.9 Å². The third-order valence-corrected chi connectivity index (χ3v) is 7.61. The standard InChI is InChI=1S/C16H20N2O4S/c19-18(20)14-2-1-3-16(9-14)23(21,22)17-10-13-5-11-4-12(6-13)8-15(17)7-11/h1-3,9,11-13,15H,4-8,10H2. The number of sulfonamides is 1. The van der Waals surface area contributed by atoms with Gasteiger partial charge in [0, 0.05) is 24.7 Å². The second-order valence-corrected chi connectivity index (χ2v) is 9.15. The molecule has 4 fully saturated rings. The molecule has 4 aliphatic rings. The van der Waals surface area contributed by atoms with Gasteiger partial charge in [0.25, 0.3) is 5.69 Å². The molecule has 23 heavy (non-hydrogen) atoms. The topological polar surface area (TPSA) is 80.5 Å². The lowest BCUT2D eigenvalue weighted by Crippen LogP contribution is -2.42. The largest absolute Gasteiger partial charge is 0.270 e. The molecule has 2 aliphatic carbocycles. The molecule has 2 heterocycles. The van der Waals surface area contributed by atoms with Gasteiger partial charge < -0.3 is 0 Å². The van der Waals surface area contributed by atoms with Crippen LogP contribution in [-0.4, -0.2) is 30.2 Å². The summed E-state index contributed by atoms with van der Waals surface area (Å²) in [6, 6.07) is 5.50. The van der Waals surface area contributed by atoms with Crippen LogP contribution in [0.15, 0.2) is 29.2 Å². The van der Waals surface area contributed by atoms with Crippen LogP contribution < -0.4 is 0 Å². The third-order valence-electron chi connectivity index (χ3n) is 5.69. The summed E-state index contributed by atoms with van der Waals surface area (Å²) < 4.78 is 27.8. The first-order chi connectivity index (χ1) is 10.9. The molecule has 1 aromatic rings. The van der Waals surface area contributed by atoms with E-state index in [0.29, 0.717) is 24.3 Å². The molecular weight excluding hydrogens is 316 g/mol. The van der Waals surface area contributed by atoms with Gasteiger partial charge in [-0.25, -0.2) is 8.42 Å². The van der Waals surface area contributed by atoms with E-state index in [1.54, 1.807) is 4.31 Å². The number of hydrogen-bond donors (Lipinski definition) is 0. The van der Waals surface area contributed by atoms with E-state index >= 15 is 0 Å².